The van der Waals surface area contributed by atoms with Crippen LogP contribution in [0.5, 0.6) is 0 Å². The van der Waals surface area contributed by atoms with Crippen molar-refractivity contribution in [3.8, 4) is 0 Å². The lowest BCUT2D eigenvalue weighted by Crippen LogP contribution is -2.42. The number of piperidine rings is 1. The zero-order chi connectivity index (χ0) is 25.3. The predicted octanol–water partition coefficient (Wildman–Crippen LogP) is 4.02. The lowest BCUT2D eigenvalue weighted by Gasteiger charge is -2.36. The minimum Gasteiger partial charge on any atom is -0.357 e. The molecule has 0 aliphatic carbocycles. The van der Waals surface area contributed by atoms with Gasteiger partial charge >= 0.3 is 6.18 Å². The Bertz CT molecular complexity index is 1020. The van der Waals surface area contributed by atoms with Crippen LogP contribution in [0.2, 0.25) is 0 Å². The molecule has 0 atom stereocenters. The second-order valence-corrected chi connectivity index (χ2v) is 10.6. The van der Waals surface area contributed by atoms with Crippen LogP contribution in [-0.4, -0.2) is 81.4 Å². The summed E-state index contributed by atoms with van der Waals surface area (Å²) in [6.45, 7) is 9.75. The van der Waals surface area contributed by atoms with E-state index in [0.29, 0.717) is 17.7 Å². The fourth-order valence-corrected chi connectivity index (χ4v) is 5.64. The van der Waals surface area contributed by atoms with E-state index in [4.69, 9.17) is 4.98 Å². The molecule has 0 amide bonds. The van der Waals surface area contributed by atoms with E-state index < -0.39 is 12.7 Å². The number of hydrogen-bond donors (Lipinski definition) is 1. The quantitative estimate of drug-likeness (QED) is 0.609. The monoisotopic (exact) mass is 506 g/mol. The van der Waals surface area contributed by atoms with Gasteiger partial charge in [-0.05, 0) is 44.7 Å². The second kappa shape index (κ2) is 10.5. The van der Waals surface area contributed by atoms with Crippen LogP contribution in [0.25, 0.3) is 0 Å². The Hall–Kier alpha value is -2.40. The Kier molecular flexibility index (Phi) is 7.39. The van der Waals surface area contributed by atoms with Gasteiger partial charge in [0.05, 0.1) is 24.5 Å². The van der Waals surface area contributed by atoms with E-state index in [-0.39, 0.29) is 13.2 Å². The molecule has 5 rings (SSSR count). The average molecular weight is 507 g/mol. The van der Waals surface area contributed by atoms with E-state index in [1.54, 1.807) is 0 Å². The molecule has 2 fully saturated rings. The number of hydrogen-bond acceptors (Lipinski definition) is 7. The molecule has 198 valence electrons. The molecular formula is C25H37F3N8. The topological polar surface area (TPSA) is 65.3 Å². The van der Waals surface area contributed by atoms with E-state index in [9.17, 15) is 13.2 Å². The van der Waals surface area contributed by atoms with Gasteiger partial charge in [0, 0.05) is 44.8 Å². The van der Waals surface area contributed by atoms with Crippen LogP contribution in [0.3, 0.4) is 0 Å². The Morgan fingerprint density at radius 2 is 1.78 bits per heavy atom. The molecule has 0 unspecified atom stereocenters. The third-order valence-corrected chi connectivity index (χ3v) is 7.61. The highest BCUT2D eigenvalue weighted by molar-refractivity contribution is 5.60. The summed E-state index contributed by atoms with van der Waals surface area (Å²) in [5.74, 6) is 3.32. The molecule has 3 aliphatic heterocycles. The number of nitrogens with one attached hydrogen (secondary N) is 1. The summed E-state index contributed by atoms with van der Waals surface area (Å²) in [6, 6.07) is 0. The van der Waals surface area contributed by atoms with Crippen molar-refractivity contribution in [1.82, 2.24) is 29.3 Å². The van der Waals surface area contributed by atoms with Gasteiger partial charge in [-0.15, -0.1) is 0 Å². The number of halogens is 3. The SMILES string of the molecule is CC(C)c1cn(CCN2CCCC2)c(C2CCN(c3ncnc4c3CN(CC(F)(F)F)CN4)CC2)n1. The molecule has 2 saturated heterocycles. The number of likely N-dealkylation sites (tertiary alicyclic amines) is 1. The summed E-state index contributed by atoms with van der Waals surface area (Å²) < 4.78 is 41.3. The van der Waals surface area contributed by atoms with Gasteiger partial charge in [-0.1, -0.05) is 13.8 Å². The summed E-state index contributed by atoms with van der Waals surface area (Å²) in [6.07, 6.45) is 3.98. The van der Waals surface area contributed by atoms with E-state index in [1.165, 1.54) is 43.0 Å². The maximum absolute atomic E-state index is 13.0. The van der Waals surface area contributed by atoms with Crippen LogP contribution in [0, 0.1) is 0 Å². The number of aromatic nitrogens is 4. The first kappa shape index (κ1) is 25.3. The largest absolute Gasteiger partial charge is 0.401 e. The molecular weight excluding hydrogens is 469 g/mol. The highest BCUT2D eigenvalue weighted by atomic mass is 19.4. The number of alkyl halides is 3. The van der Waals surface area contributed by atoms with Gasteiger partial charge in [-0.2, -0.15) is 13.2 Å². The van der Waals surface area contributed by atoms with E-state index >= 15 is 0 Å². The molecule has 0 spiro atoms. The highest BCUT2D eigenvalue weighted by Gasteiger charge is 2.34. The van der Waals surface area contributed by atoms with Gasteiger partial charge in [0.15, 0.2) is 0 Å². The Labute approximate surface area is 210 Å². The minimum atomic E-state index is -4.24. The molecule has 0 radical (unpaired) electrons. The first-order valence-electron chi connectivity index (χ1n) is 13.2. The lowest BCUT2D eigenvalue weighted by molar-refractivity contribution is -0.146. The number of nitrogens with zero attached hydrogens (tertiary/aromatic N) is 7. The summed E-state index contributed by atoms with van der Waals surface area (Å²) in [7, 11) is 0. The van der Waals surface area contributed by atoms with Gasteiger partial charge in [-0.3, -0.25) is 4.90 Å². The maximum atomic E-state index is 13.0. The molecule has 5 heterocycles. The van der Waals surface area contributed by atoms with Crippen molar-refractivity contribution in [2.75, 3.05) is 56.2 Å². The zero-order valence-electron chi connectivity index (χ0n) is 21.3. The summed E-state index contributed by atoms with van der Waals surface area (Å²) in [4.78, 5) is 19.9. The molecule has 2 aromatic rings. The maximum Gasteiger partial charge on any atom is 0.401 e. The van der Waals surface area contributed by atoms with Gasteiger partial charge < -0.3 is 19.7 Å². The van der Waals surface area contributed by atoms with Crippen molar-refractivity contribution in [3.05, 3.63) is 29.6 Å². The van der Waals surface area contributed by atoms with Crippen molar-refractivity contribution >= 4 is 11.6 Å². The second-order valence-electron chi connectivity index (χ2n) is 10.6. The van der Waals surface area contributed by atoms with Crippen molar-refractivity contribution in [1.29, 1.82) is 0 Å². The minimum absolute atomic E-state index is 0.128. The fourth-order valence-electron chi connectivity index (χ4n) is 5.64. The third kappa shape index (κ3) is 5.77. The molecule has 11 heteroatoms. The van der Waals surface area contributed by atoms with Gasteiger partial charge in [0.2, 0.25) is 0 Å². The average Bonchev–Trinajstić information content (AvgIpc) is 3.52. The first-order chi connectivity index (χ1) is 17.3. The number of fused-ring (bicyclic) bond motifs is 1. The number of anilines is 2. The fraction of sp³-hybridized carbons (Fsp3) is 0.720. The van der Waals surface area contributed by atoms with Crippen molar-refractivity contribution in [2.45, 2.75) is 70.6 Å². The molecule has 1 N–H and O–H groups in total. The molecule has 8 nitrogen and oxygen atoms in total. The Morgan fingerprint density at radius 1 is 1.03 bits per heavy atom. The van der Waals surface area contributed by atoms with Crippen LogP contribution >= 0.6 is 0 Å². The molecule has 2 aromatic heterocycles. The van der Waals surface area contributed by atoms with Gasteiger partial charge in [0.25, 0.3) is 0 Å². The van der Waals surface area contributed by atoms with Crippen LogP contribution < -0.4 is 10.2 Å². The molecule has 0 saturated carbocycles. The predicted molar refractivity (Wildman–Crippen MR) is 133 cm³/mol. The Morgan fingerprint density at radius 3 is 2.47 bits per heavy atom. The molecule has 36 heavy (non-hydrogen) atoms. The number of imidazole rings is 1. The molecule has 0 aromatic carbocycles. The van der Waals surface area contributed by atoms with Gasteiger partial charge in [-0.25, -0.2) is 15.0 Å². The standard InChI is InChI=1S/C25H37F3N8/c1-18(2)21-14-36(12-11-33-7-3-4-8-33)23(32-21)19-5-9-35(10-6-19)24-20-13-34(15-25(26,27)28)17-31-22(20)29-16-30-24/h14,16,18-19H,3-13,15,17H2,1-2H3,(H,29,30,31). The van der Waals surface area contributed by atoms with Crippen molar-refractivity contribution in [2.24, 2.45) is 0 Å². The van der Waals surface area contributed by atoms with Crippen LogP contribution in [-0.2, 0) is 13.1 Å². The van der Waals surface area contributed by atoms with E-state index in [1.807, 2.05) is 0 Å². The van der Waals surface area contributed by atoms with Crippen LogP contribution in [0.4, 0.5) is 24.8 Å². The van der Waals surface area contributed by atoms with Crippen molar-refractivity contribution < 1.29 is 13.2 Å². The highest BCUT2D eigenvalue weighted by Crippen LogP contribution is 2.35. The van der Waals surface area contributed by atoms with Gasteiger partial charge in [0.1, 0.15) is 23.8 Å². The zero-order valence-corrected chi connectivity index (χ0v) is 21.3. The van der Waals surface area contributed by atoms with Crippen LogP contribution in [0.15, 0.2) is 12.5 Å². The summed E-state index contributed by atoms with van der Waals surface area (Å²) in [5, 5.41) is 3.04. The summed E-state index contributed by atoms with van der Waals surface area (Å²) >= 11 is 0. The smallest absolute Gasteiger partial charge is 0.357 e. The summed E-state index contributed by atoms with van der Waals surface area (Å²) in [5.41, 5.74) is 1.90. The third-order valence-electron chi connectivity index (χ3n) is 7.61. The normalized spacial score (nSPS) is 20.2. The molecule has 3 aliphatic rings. The van der Waals surface area contributed by atoms with Crippen molar-refractivity contribution in [3.63, 3.8) is 0 Å². The number of rotatable bonds is 7. The molecule has 0 bridgehead atoms. The lowest BCUT2D eigenvalue weighted by atomic mass is 9.95. The first-order valence-corrected chi connectivity index (χ1v) is 13.2. The van der Waals surface area contributed by atoms with E-state index in [0.717, 1.165) is 56.1 Å². The van der Waals surface area contributed by atoms with E-state index in [2.05, 4.69) is 49.7 Å². The van der Waals surface area contributed by atoms with Crippen LogP contribution in [0.1, 0.15) is 68.4 Å². The Balaban J connectivity index is 1.27.